The molecule has 24 heavy (non-hydrogen) atoms. The van der Waals surface area contributed by atoms with Crippen molar-refractivity contribution in [1.82, 2.24) is 5.32 Å². The molecule has 4 rings (SSSR count). The predicted octanol–water partition coefficient (Wildman–Crippen LogP) is 4.06. The number of ether oxygens (including phenoxy) is 1. The third-order valence-corrected chi connectivity index (χ3v) is 5.43. The molecule has 1 amide bonds. The molecule has 1 aliphatic heterocycles. The molecule has 1 N–H and O–H groups in total. The van der Waals surface area contributed by atoms with Crippen molar-refractivity contribution < 1.29 is 9.53 Å². The minimum Gasteiger partial charge on any atom is -0.480 e. The molecule has 0 spiro atoms. The van der Waals surface area contributed by atoms with Gasteiger partial charge in [-0.2, -0.15) is 0 Å². The molecule has 0 aromatic heterocycles. The Morgan fingerprint density at radius 3 is 2.42 bits per heavy atom. The van der Waals surface area contributed by atoms with Crippen LogP contribution in [0.25, 0.3) is 0 Å². The number of rotatable bonds is 4. The van der Waals surface area contributed by atoms with Gasteiger partial charge in [0.05, 0.1) is 6.04 Å². The van der Waals surface area contributed by atoms with Gasteiger partial charge in [0.25, 0.3) is 5.91 Å². The maximum absolute atomic E-state index is 12.9. The van der Waals surface area contributed by atoms with Crippen LogP contribution in [0.1, 0.15) is 43.4 Å². The molecule has 3 heteroatoms. The zero-order chi connectivity index (χ0) is 16.7. The maximum Gasteiger partial charge on any atom is 0.262 e. The van der Waals surface area contributed by atoms with Crippen LogP contribution in [0.15, 0.2) is 54.6 Å². The summed E-state index contributed by atoms with van der Waals surface area (Å²) < 4.78 is 5.93. The van der Waals surface area contributed by atoms with Crippen LogP contribution in [0.3, 0.4) is 0 Å². The van der Waals surface area contributed by atoms with Gasteiger partial charge in [0.15, 0.2) is 6.10 Å². The van der Waals surface area contributed by atoms with Gasteiger partial charge in [0.1, 0.15) is 5.75 Å². The lowest BCUT2D eigenvalue weighted by atomic mass is 9.96. The number of hydrogen-bond acceptors (Lipinski definition) is 2. The van der Waals surface area contributed by atoms with E-state index >= 15 is 0 Å². The fourth-order valence-electron chi connectivity index (χ4n) is 3.80. The largest absolute Gasteiger partial charge is 0.480 e. The lowest BCUT2D eigenvalue weighted by molar-refractivity contribution is -0.128. The van der Waals surface area contributed by atoms with E-state index < -0.39 is 6.10 Å². The van der Waals surface area contributed by atoms with E-state index in [1.807, 2.05) is 42.5 Å². The smallest absolute Gasteiger partial charge is 0.262 e. The standard InChI is InChI=1S/C21H23NO2/c1-13-12-17(13)19(15-8-4-3-5-9-15)22-21(23)20-14(2)16-10-6-7-11-18(16)24-20/h3-11,13-14,17,19-20H,12H2,1-2H3,(H,22,23). The molecule has 5 atom stereocenters. The van der Waals surface area contributed by atoms with Gasteiger partial charge in [0, 0.05) is 11.5 Å². The summed E-state index contributed by atoms with van der Waals surface area (Å²) in [4.78, 5) is 12.9. The quantitative estimate of drug-likeness (QED) is 0.922. The first-order valence-corrected chi connectivity index (χ1v) is 8.76. The van der Waals surface area contributed by atoms with Crippen molar-refractivity contribution in [3.63, 3.8) is 0 Å². The van der Waals surface area contributed by atoms with E-state index in [0.29, 0.717) is 11.8 Å². The lowest BCUT2D eigenvalue weighted by Gasteiger charge is -2.23. The summed E-state index contributed by atoms with van der Waals surface area (Å²) in [5, 5.41) is 3.27. The molecule has 1 heterocycles. The number of fused-ring (bicyclic) bond motifs is 1. The van der Waals surface area contributed by atoms with Gasteiger partial charge in [-0.3, -0.25) is 4.79 Å². The number of carbonyl (C=O) groups excluding carboxylic acids is 1. The summed E-state index contributed by atoms with van der Waals surface area (Å²) in [5.74, 6) is 2.09. The first kappa shape index (κ1) is 15.3. The van der Waals surface area contributed by atoms with Crippen LogP contribution < -0.4 is 10.1 Å². The first-order valence-electron chi connectivity index (χ1n) is 8.76. The minimum absolute atomic E-state index is 0.00773. The third kappa shape index (κ3) is 2.68. The molecular formula is C21H23NO2. The van der Waals surface area contributed by atoms with Gasteiger partial charge in [-0.15, -0.1) is 0 Å². The SMILES string of the molecule is CC1CC1C(NC(=O)C1Oc2ccccc2C1C)c1ccccc1. The Labute approximate surface area is 143 Å². The number of benzene rings is 2. The zero-order valence-corrected chi connectivity index (χ0v) is 14.1. The van der Waals surface area contributed by atoms with E-state index in [1.165, 1.54) is 12.0 Å². The van der Waals surface area contributed by atoms with E-state index in [0.717, 1.165) is 11.3 Å². The van der Waals surface area contributed by atoms with Crippen molar-refractivity contribution in [1.29, 1.82) is 0 Å². The molecule has 0 radical (unpaired) electrons. The topological polar surface area (TPSA) is 38.3 Å². The number of para-hydroxylation sites is 1. The van der Waals surface area contributed by atoms with E-state index in [-0.39, 0.29) is 17.9 Å². The van der Waals surface area contributed by atoms with Crippen LogP contribution in [0.2, 0.25) is 0 Å². The highest BCUT2D eigenvalue weighted by molar-refractivity contribution is 5.84. The number of nitrogens with one attached hydrogen (secondary N) is 1. The molecule has 0 bridgehead atoms. The Balaban J connectivity index is 1.52. The van der Waals surface area contributed by atoms with Crippen LogP contribution in [0, 0.1) is 11.8 Å². The molecule has 3 nitrogen and oxygen atoms in total. The van der Waals surface area contributed by atoms with Crippen LogP contribution in [0.5, 0.6) is 5.75 Å². The Bertz CT molecular complexity index is 743. The Hall–Kier alpha value is -2.29. The normalized spacial score (nSPS) is 28.6. The van der Waals surface area contributed by atoms with Crippen molar-refractivity contribution in [2.24, 2.45) is 11.8 Å². The molecular weight excluding hydrogens is 298 g/mol. The van der Waals surface area contributed by atoms with Gasteiger partial charge in [-0.1, -0.05) is 62.4 Å². The summed E-state index contributed by atoms with van der Waals surface area (Å²) in [6, 6.07) is 18.3. The third-order valence-electron chi connectivity index (χ3n) is 5.43. The summed E-state index contributed by atoms with van der Waals surface area (Å²) in [6.45, 7) is 4.31. The maximum atomic E-state index is 12.9. The van der Waals surface area contributed by atoms with Crippen molar-refractivity contribution in [2.45, 2.75) is 38.3 Å². The molecule has 2 aliphatic rings. The van der Waals surface area contributed by atoms with Crippen LogP contribution in [-0.2, 0) is 4.79 Å². The highest BCUT2D eigenvalue weighted by atomic mass is 16.5. The van der Waals surface area contributed by atoms with E-state index in [1.54, 1.807) is 0 Å². The minimum atomic E-state index is -0.442. The molecule has 2 aromatic rings. The van der Waals surface area contributed by atoms with Crippen LogP contribution in [-0.4, -0.2) is 12.0 Å². The van der Waals surface area contributed by atoms with Crippen molar-refractivity contribution in [3.8, 4) is 5.75 Å². The second-order valence-corrected chi connectivity index (χ2v) is 7.14. The first-order chi connectivity index (χ1) is 11.6. The number of hydrogen-bond donors (Lipinski definition) is 1. The number of carbonyl (C=O) groups is 1. The zero-order valence-electron chi connectivity index (χ0n) is 14.1. The second-order valence-electron chi connectivity index (χ2n) is 7.14. The van der Waals surface area contributed by atoms with Crippen LogP contribution >= 0.6 is 0 Å². The molecule has 0 saturated heterocycles. The number of amides is 1. The van der Waals surface area contributed by atoms with Crippen molar-refractivity contribution in [2.75, 3.05) is 0 Å². The second kappa shape index (κ2) is 5.97. The van der Waals surface area contributed by atoms with Gasteiger partial charge in [0.2, 0.25) is 0 Å². The molecule has 2 aromatic carbocycles. The van der Waals surface area contributed by atoms with E-state index in [2.05, 4.69) is 31.3 Å². The highest BCUT2D eigenvalue weighted by Crippen LogP contribution is 2.47. The highest BCUT2D eigenvalue weighted by Gasteiger charge is 2.43. The van der Waals surface area contributed by atoms with Crippen molar-refractivity contribution in [3.05, 3.63) is 65.7 Å². The van der Waals surface area contributed by atoms with E-state index in [9.17, 15) is 4.79 Å². The van der Waals surface area contributed by atoms with Gasteiger partial charge >= 0.3 is 0 Å². The van der Waals surface area contributed by atoms with Crippen LogP contribution in [0.4, 0.5) is 0 Å². The average molecular weight is 321 g/mol. The molecule has 1 fully saturated rings. The fraction of sp³-hybridized carbons (Fsp3) is 0.381. The lowest BCUT2D eigenvalue weighted by Crippen LogP contribution is -2.41. The van der Waals surface area contributed by atoms with Crippen molar-refractivity contribution >= 4 is 5.91 Å². The Kier molecular flexibility index (Phi) is 3.79. The summed E-state index contributed by atoms with van der Waals surface area (Å²) in [5.41, 5.74) is 2.30. The van der Waals surface area contributed by atoms with Gasteiger partial charge < -0.3 is 10.1 Å². The Morgan fingerprint density at radius 2 is 1.75 bits per heavy atom. The van der Waals surface area contributed by atoms with Gasteiger partial charge in [-0.05, 0) is 29.9 Å². The predicted molar refractivity (Wildman–Crippen MR) is 93.9 cm³/mol. The van der Waals surface area contributed by atoms with E-state index in [4.69, 9.17) is 4.74 Å². The Morgan fingerprint density at radius 1 is 1.08 bits per heavy atom. The average Bonchev–Trinajstić information content (AvgIpc) is 3.24. The summed E-state index contributed by atoms with van der Waals surface area (Å²) in [6.07, 6.45) is 0.726. The summed E-state index contributed by atoms with van der Waals surface area (Å²) in [7, 11) is 0. The van der Waals surface area contributed by atoms with Gasteiger partial charge in [-0.25, -0.2) is 0 Å². The molecule has 124 valence electrons. The fourth-order valence-corrected chi connectivity index (χ4v) is 3.80. The molecule has 1 aliphatic carbocycles. The summed E-state index contributed by atoms with van der Waals surface area (Å²) >= 11 is 0. The molecule has 1 saturated carbocycles. The monoisotopic (exact) mass is 321 g/mol. The molecule has 5 unspecified atom stereocenters.